The van der Waals surface area contributed by atoms with E-state index in [-0.39, 0.29) is 5.57 Å². The summed E-state index contributed by atoms with van der Waals surface area (Å²) in [5.74, 6) is -1.33. The molecule has 0 spiro atoms. The van der Waals surface area contributed by atoms with E-state index in [1.54, 1.807) is 12.1 Å². The number of hydrogen-bond acceptors (Lipinski definition) is 3. The Hall–Kier alpha value is -3.93. The molecule has 0 radical (unpaired) electrons. The molecule has 6 nitrogen and oxygen atoms in total. The van der Waals surface area contributed by atoms with Crippen LogP contribution in [0, 0.1) is 0 Å². The highest BCUT2D eigenvalue weighted by Gasteiger charge is 2.36. The summed E-state index contributed by atoms with van der Waals surface area (Å²) in [5, 5.41) is 2.27. The molecule has 2 aromatic carbocycles. The molecule has 4 rings (SSSR count). The van der Waals surface area contributed by atoms with E-state index in [4.69, 9.17) is 0 Å². The predicted molar refractivity (Wildman–Crippen MR) is 115 cm³/mol. The summed E-state index contributed by atoms with van der Waals surface area (Å²) < 4.78 is 1.94. The number of aryl methyl sites for hydroxylation is 1. The highest BCUT2D eigenvalue weighted by molar-refractivity contribution is 6.39. The van der Waals surface area contributed by atoms with Crippen LogP contribution in [0.2, 0.25) is 0 Å². The van der Waals surface area contributed by atoms with Crippen molar-refractivity contribution >= 4 is 29.6 Å². The van der Waals surface area contributed by atoms with Crippen molar-refractivity contribution < 1.29 is 14.4 Å². The van der Waals surface area contributed by atoms with Crippen LogP contribution in [0.25, 0.3) is 6.08 Å². The van der Waals surface area contributed by atoms with E-state index in [0.717, 1.165) is 22.4 Å². The molecule has 6 heteroatoms. The van der Waals surface area contributed by atoms with Gasteiger partial charge < -0.3 is 4.57 Å². The molecule has 1 N–H and O–H groups in total. The molecule has 150 valence electrons. The van der Waals surface area contributed by atoms with Gasteiger partial charge in [-0.25, -0.2) is 9.69 Å². The summed E-state index contributed by atoms with van der Waals surface area (Å²) in [4.78, 5) is 38.9. The summed E-state index contributed by atoms with van der Waals surface area (Å²) in [6, 6.07) is 20.0. The van der Waals surface area contributed by atoms with Gasteiger partial charge in [-0.2, -0.15) is 0 Å². The Bertz CT molecular complexity index is 1130. The van der Waals surface area contributed by atoms with E-state index in [9.17, 15) is 14.4 Å². The van der Waals surface area contributed by atoms with E-state index in [1.165, 1.54) is 6.08 Å². The molecule has 0 unspecified atom stereocenters. The number of urea groups is 1. The number of anilines is 1. The number of rotatable bonds is 5. The topological polar surface area (TPSA) is 71.4 Å². The lowest BCUT2D eigenvalue weighted by molar-refractivity contribution is -0.122. The number of barbiturate groups is 1. The van der Waals surface area contributed by atoms with E-state index in [1.807, 2.05) is 72.3 Å². The van der Waals surface area contributed by atoms with Crippen molar-refractivity contribution in [2.24, 2.45) is 0 Å². The first-order valence-corrected chi connectivity index (χ1v) is 9.76. The second-order valence-corrected chi connectivity index (χ2v) is 7.02. The molecular formula is C24H21N3O3. The van der Waals surface area contributed by atoms with Crippen molar-refractivity contribution in [2.75, 3.05) is 4.90 Å². The zero-order chi connectivity index (χ0) is 21.1. The highest BCUT2D eigenvalue weighted by Crippen LogP contribution is 2.23. The maximum Gasteiger partial charge on any atom is 0.335 e. The third-order valence-corrected chi connectivity index (χ3v) is 5.06. The minimum absolute atomic E-state index is 0.0813. The summed E-state index contributed by atoms with van der Waals surface area (Å²) in [7, 11) is 0. The molecule has 0 atom stereocenters. The number of carbonyl (C=O) groups excluding carboxylic acids is 3. The van der Waals surface area contributed by atoms with Crippen molar-refractivity contribution in [3.8, 4) is 0 Å². The molecule has 0 aliphatic carbocycles. The Morgan fingerprint density at radius 3 is 2.30 bits per heavy atom. The van der Waals surface area contributed by atoms with Gasteiger partial charge in [0, 0.05) is 18.4 Å². The van der Waals surface area contributed by atoms with Gasteiger partial charge >= 0.3 is 6.03 Å². The Morgan fingerprint density at radius 2 is 1.60 bits per heavy atom. The van der Waals surface area contributed by atoms with Crippen molar-refractivity contribution in [1.82, 2.24) is 9.88 Å². The summed E-state index contributed by atoms with van der Waals surface area (Å²) in [6.07, 6.45) is 4.26. The van der Waals surface area contributed by atoms with E-state index in [0.29, 0.717) is 17.9 Å². The summed E-state index contributed by atoms with van der Waals surface area (Å²) >= 11 is 0. The predicted octanol–water partition coefficient (Wildman–Crippen LogP) is 3.77. The zero-order valence-electron chi connectivity index (χ0n) is 16.5. The average Bonchev–Trinajstić information content (AvgIpc) is 3.19. The number of amides is 4. The largest absolute Gasteiger partial charge is 0.344 e. The number of hydrogen-bond donors (Lipinski definition) is 1. The van der Waals surface area contributed by atoms with Crippen LogP contribution < -0.4 is 10.2 Å². The number of nitrogens with one attached hydrogen (secondary N) is 1. The van der Waals surface area contributed by atoms with Crippen LogP contribution in [-0.2, 0) is 22.6 Å². The number of aromatic nitrogens is 1. The first-order valence-electron chi connectivity index (χ1n) is 9.76. The van der Waals surface area contributed by atoms with Gasteiger partial charge in [0.25, 0.3) is 11.8 Å². The van der Waals surface area contributed by atoms with Crippen LogP contribution in [0.15, 0.2) is 78.5 Å². The van der Waals surface area contributed by atoms with Crippen molar-refractivity contribution in [2.45, 2.75) is 19.9 Å². The lowest BCUT2D eigenvalue weighted by atomic mass is 10.1. The van der Waals surface area contributed by atoms with Crippen LogP contribution in [-0.4, -0.2) is 22.4 Å². The molecule has 0 bridgehead atoms. The Labute approximate surface area is 174 Å². The van der Waals surface area contributed by atoms with Crippen molar-refractivity contribution in [1.29, 1.82) is 0 Å². The van der Waals surface area contributed by atoms with Gasteiger partial charge in [0.05, 0.1) is 5.69 Å². The molecule has 3 aromatic rings. The van der Waals surface area contributed by atoms with Crippen LogP contribution in [0.4, 0.5) is 10.5 Å². The quantitative estimate of drug-likeness (QED) is 0.524. The fourth-order valence-corrected chi connectivity index (χ4v) is 3.40. The molecule has 1 aliphatic rings. The number of benzene rings is 2. The summed E-state index contributed by atoms with van der Waals surface area (Å²) in [5.41, 5.74) is 3.23. The maximum atomic E-state index is 13.1. The molecule has 1 aliphatic heterocycles. The third kappa shape index (κ3) is 3.80. The van der Waals surface area contributed by atoms with E-state index in [2.05, 4.69) is 5.32 Å². The van der Waals surface area contributed by atoms with Crippen LogP contribution >= 0.6 is 0 Å². The maximum absolute atomic E-state index is 13.1. The Balaban J connectivity index is 1.66. The van der Waals surface area contributed by atoms with Crippen molar-refractivity contribution in [3.05, 3.63) is 95.3 Å². The Kier molecular flexibility index (Phi) is 5.30. The molecule has 1 saturated heterocycles. The minimum atomic E-state index is -0.744. The van der Waals surface area contributed by atoms with Crippen LogP contribution in [0.1, 0.15) is 23.7 Å². The lowest BCUT2D eigenvalue weighted by Crippen LogP contribution is -2.54. The van der Waals surface area contributed by atoms with Gasteiger partial charge in [-0.15, -0.1) is 0 Å². The lowest BCUT2D eigenvalue weighted by Gasteiger charge is -2.26. The van der Waals surface area contributed by atoms with Crippen LogP contribution in [0.5, 0.6) is 0 Å². The molecule has 0 saturated carbocycles. The molecule has 4 amide bonds. The molecule has 30 heavy (non-hydrogen) atoms. The molecular weight excluding hydrogens is 378 g/mol. The first-order chi connectivity index (χ1) is 14.6. The molecule has 2 heterocycles. The van der Waals surface area contributed by atoms with E-state index >= 15 is 0 Å². The molecule has 1 aromatic heterocycles. The standard InChI is InChI=1S/C24H21N3O3/c1-2-17-10-12-19(13-11-17)27-23(29)21(22(28)25-24(27)30)15-20-9-6-14-26(20)16-18-7-4-3-5-8-18/h3-15H,2,16H2,1H3,(H,25,28,30)/b21-15+. The smallest absolute Gasteiger partial charge is 0.335 e. The second-order valence-electron chi connectivity index (χ2n) is 7.02. The highest BCUT2D eigenvalue weighted by atomic mass is 16.2. The average molecular weight is 399 g/mol. The molecule has 1 fully saturated rings. The SMILES string of the molecule is CCc1ccc(N2C(=O)NC(=O)/C(=C\c3cccn3Cc3ccccc3)C2=O)cc1. The zero-order valence-corrected chi connectivity index (χ0v) is 16.5. The number of imide groups is 2. The minimum Gasteiger partial charge on any atom is -0.344 e. The third-order valence-electron chi connectivity index (χ3n) is 5.06. The monoisotopic (exact) mass is 399 g/mol. The fourth-order valence-electron chi connectivity index (χ4n) is 3.40. The van der Waals surface area contributed by atoms with Crippen LogP contribution in [0.3, 0.4) is 0 Å². The summed E-state index contributed by atoms with van der Waals surface area (Å²) in [6.45, 7) is 2.63. The Morgan fingerprint density at radius 1 is 0.867 bits per heavy atom. The second kappa shape index (κ2) is 8.21. The number of nitrogens with zero attached hydrogens (tertiary/aromatic N) is 2. The van der Waals surface area contributed by atoms with Gasteiger partial charge in [0.2, 0.25) is 0 Å². The van der Waals surface area contributed by atoms with Gasteiger partial charge in [-0.05, 0) is 47.9 Å². The van der Waals surface area contributed by atoms with Gasteiger partial charge in [0.15, 0.2) is 0 Å². The normalized spacial score (nSPS) is 15.6. The van der Waals surface area contributed by atoms with Crippen molar-refractivity contribution in [3.63, 3.8) is 0 Å². The van der Waals surface area contributed by atoms with Gasteiger partial charge in [0.1, 0.15) is 5.57 Å². The fraction of sp³-hybridized carbons (Fsp3) is 0.125. The van der Waals surface area contributed by atoms with Gasteiger partial charge in [-0.3, -0.25) is 14.9 Å². The first kappa shape index (κ1) is 19.4. The van der Waals surface area contributed by atoms with Gasteiger partial charge in [-0.1, -0.05) is 49.4 Å². The number of carbonyl (C=O) groups is 3. The van der Waals surface area contributed by atoms with E-state index < -0.39 is 17.8 Å².